The van der Waals surface area contributed by atoms with Crippen LogP contribution in [-0.2, 0) is 11.2 Å². The number of furan rings is 1. The Hall–Kier alpha value is -2.56. The molecular weight excluding hydrogens is 304 g/mol. The first-order chi connectivity index (χ1) is 11.5. The van der Waals surface area contributed by atoms with Gasteiger partial charge in [-0.2, -0.15) is 0 Å². The lowest BCUT2D eigenvalue weighted by Gasteiger charge is -2.03. The second-order valence-corrected chi connectivity index (χ2v) is 6.03. The largest absolute Gasteiger partial charge is 0.465 e. The fourth-order valence-electron chi connectivity index (χ4n) is 2.26. The van der Waals surface area contributed by atoms with Crippen molar-refractivity contribution in [1.29, 1.82) is 0 Å². The molecule has 5 nitrogen and oxygen atoms in total. The number of aromatic nitrogens is 2. The van der Waals surface area contributed by atoms with Crippen molar-refractivity contribution >= 4 is 12.2 Å². The zero-order valence-corrected chi connectivity index (χ0v) is 14.5. The monoisotopic (exact) mass is 328 g/mol. The van der Waals surface area contributed by atoms with Crippen molar-refractivity contribution in [2.24, 2.45) is 0 Å². The third-order valence-corrected chi connectivity index (χ3v) is 3.50. The highest BCUT2D eigenvalue weighted by Gasteiger charge is 2.03. The molecule has 0 aliphatic rings. The molecule has 0 aromatic carbocycles. The van der Waals surface area contributed by atoms with Crippen LogP contribution in [0.2, 0.25) is 0 Å². The smallest absolute Gasteiger partial charge is 0.419 e. The minimum Gasteiger partial charge on any atom is -0.465 e. The second-order valence-electron chi connectivity index (χ2n) is 6.03. The highest BCUT2D eigenvalue weighted by Crippen LogP contribution is 2.15. The first-order valence-corrected chi connectivity index (χ1v) is 8.07. The van der Waals surface area contributed by atoms with Crippen molar-refractivity contribution in [3.63, 3.8) is 0 Å². The Bertz CT molecular complexity index is 705. The number of aryl methyl sites for hydroxylation is 1. The molecular formula is C19H24N2O3. The second kappa shape index (κ2) is 8.91. The maximum absolute atomic E-state index is 11.6. The first kappa shape index (κ1) is 17.8. The molecule has 0 saturated heterocycles. The molecule has 2 rings (SSSR count). The number of carbonyl (C=O) groups is 1. The Morgan fingerprint density at radius 2 is 2.21 bits per heavy atom. The summed E-state index contributed by atoms with van der Waals surface area (Å²) >= 11 is 0. The number of hydrogen-bond acceptors (Lipinski definition) is 4. The van der Waals surface area contributed by atoms with Crippen LogP contribution < -0.4 is 0 Å². The van der Waals surface area contributed by atoms with E-state index in [2.05, 4.69) is 31.8 Å². The summed E-state index contributed by atoms with van der Waals surface area (Å²) in [5.41, 5.74) is 3.64. The van der Waals surface area contributed by atoms with Crippen molar-refractivity contribution in [1.82, 2.24) is 9.55 Å². The lowest BCUT2D eigenvalue weighted by Crippen LogP contribution is -2.11. The molecule has 24 heavy (non-hydrogen) atoms. The van der Waals surface area contributed by atoms with Crippen LogP contribution in [0.15, 0.2) is 52.7 Å². The van der Waals surface area contributed by atoms with Crippen LogP contribution in [0.3, 0.4) is 0 Å². The molecule has 0 fully saturated rings. The number of hydrogen-bond donors (Lipinski definition) is 0. The molecule has 0 N–H and O–H groups in total. The quantitative estimate of drug-likeness (QED) is 0.682. The van der Waals surface area contributed by atoms with Crippen LogP contribution in [0.25, 0.3) is 6.08 Å². The van der Waals surface area contributed by atoms with Gasteiger partial charge in [0.15, 0.2) is 0 Å². The predicted molar refractivity (Wildman–Crippen MR) is 93.7 cm³/mol. The summed E-state index contributed by atoms with van der Waals surface area (Å²) in [7, 11) is 0. The Kier molecular flexibility index (Phi) is 6.61. The van der Waals surface area contributed by atoms with E-state index in [4.69, 9.17) is 9.15 Å². The number of rotatable bonds is 7. The number of imidazole rings is 1. The van der Waals surface area contributed by atoms with Gasteiger partial charge in [0.25, 0.3) is 0 Å². The molecule has 0 unspecified atom stereocenters. The van der Waals surface area contributed by atoms with Gasteiger partial charge in [-0.3, -0.25) is 0 Å². The van der Waals surface area contributed by atoms with Gasteiger partial charge in [0.05, 0.1) is 6.26 Å². The standard InChI is InChI=1S/C19H24N2O3/c1-15(2)11-18-12-17(13-24-18)6-4-5-16(3)7-10-23-19(22)21-9-8-20-14-21/h7-9,11-14H,4-6,10H2,1-3H3/b16-7+. The molecule has 2 heterocycles. The van der Waals surface area contributed by atoms with Crippen LogP contribution in [0.4, 0.5) is 4.79 Å². The lowest BCUT2D eigenvalue weighted by atomic mass is 10.1. The molecule has 0 spiro atoms. The van der Waals surface area contributed by atoms with E-state index in [1.54, 1.807) is 12.4 Å². The minimum absolute atomic E-state index is 0.277. The summed E-state index contributed by atoms with van der Waals surface area (Å²) in [5.74, 6) is 0.906. The van der Waals surface area contributed by atoms with Crippen molar-refractivity contribution in [3.8, 4) is 0 Å². The van der Waals surface area contributed by atoms with E-state index < -0.39 is 6.09 Å². The SMILES string of the molecule is CC(C)=Cc1cc(CCC/C(C)=C/COC(=O)n2ccnc2)co1. The number of allylic oxidation sites excluding steroid dienone is 2. The zero-order chi connectivity index (χ0) is 17.4. The van der Waals surface area contributed by atoms with Gasteiger partial charge < -0.3 is 9.15 Å². The van der Waals surface area contributed by atoms with E-state index in [1.807, 2.05) is 18.4 Å². The van der Waals surface area contributed by atoms with Crippen LogP contribution >= 0.6 is 0 Å². The van der Waals surface area contributed by atoms with Gasteiger partial charge >= 0.3 is 6.09 Å². The molecule has 2 aromatic heterocycles. The average molecular weight is 328 g/mol. The molecule has 0 aliphatic heterocycles. The summed E-state index contributed by atoms with van der Waals surface area (Å²) in [4.78, 5) is 15.4. The Morgan fingerprint density at radius 3 is 2.92 bits per heavy atom. The van der Waals surface area contributed by atoms with Crippen molar-refractivity contribution in [3.05, 3.63) is 59.6 Å². The maximum Gasteiger partial charge on any atom is 0.419 e. The van der Waals surface area contributed by atoms with Gasteiger partial charge in [0.2, 0.25) is 0 Å². The molecule has 0 bridgehead atoms. The number of nitrogens with zero attached hydrogens (tertiary/aromatic N) is 2. The van der Waals surface area contributed by atoms with Gasteiger partial charge in [-0.05, 0) is 63.8 Å². The molecule has 0 saturated carbocycles. The van der Waals surface area contributed by atoms with E-state index in [0.717, 1.165) is 25.0 Å². The topological polar surface area (TPSA) is 57.3 Å². The molecule has 0 amide bonds. The van der Waals surface area contributed by atoms with E-state index >= 15 is 0 Å². The summed E-state index contributed by atoms with van der Waals surface area (Å²) in [6, 6.07) is 2.08. The molecule has 0 atom stereocenters. The van der Waals surface area contributed by atoms with Gasteiger partial charge in [-0.25, -0.2) is 14.3 Å². The molecule has 2 aromatic rings. The summed E-state index contributed by atoms with van der Waals surface area (Å²) < 4.78 is 12.0. The molecule has 5 heteroatoms. The fraction of sp³-hybridized carbons (Fsp3) is 0.368. The maximum atomic E-state index is 11.6. The third-order valence-electron chi connectivity index (χ3n) is 3.50. The van der Waals surface area contributed by atoms with Crippen molar-refractivity contribution in [2.75, 3.05) is 6.61 Å². The zero-order valence-electron chi connectivity index (χ0n) is 14.5. The minimum atomic E-state index is -0.415. The number of carbonyl (C=O) groups excluding carboxylic acids is 1. The van der Waals surface area contributed by atoms with Gasteiger partial charge in [0, 0.05) is 12.4 Å². The number of ether oxygens (including phenoxy) is 1. The first-order valence-electron chi connectivity index (χ1n) is 8.07. The van der Waals surface area contributed by atoms with Gasteiger partial charge in [-0.15, -0.1) is 0 Å². The van der Waals surface area contributed by atoms with Crippen molar-refractivity contribution in [2.45, 2.75) is 40.0 Å². The van der Waals surface area contributed by atoms with Crippen LogP contribution in [0.1, 0.15) is 44.9 Å². The third kappa shape index (κ3) is 5.91. The fourth-order valence-corrected chi connectivity index (χ4v) is 2.26. The van der Waals surface area contributed by atoms with E-state index in [0.29, 0.717) is 0 Å². The van der Waals surface area contributed by atoms with E-state index in [9.17, 15) is 4.79 Å². The van der Waals surface area contributed by atoms with Gasteiger partial charge in [0.1, 0.15) is 18.7 Å². The summed E-state index contributed by atoms with van der Waals surface area (Å²) in [5, 5.41) is 0. The average Bonchev–Trinajstić information content (AvgIpc) is 3.18. The Balaban J connectivity index is 1.69. The highest BCUT2D eigenvalue weighted by molar-refractivity contribution is 5.70. The van der Waals surface area contributed by atoms with E-state index in [1.165, 1.54) is 27.6 Å². The normalized spacial score (nSPS) is 11.4. The summed E-state index contributed by atoms with van der Waals surface area (Å²) in [6.45, 7) is 6.43. The van der Waals surface area contributed by atoms with Crippen LogP contribution in [-0.4, -0.2) is 22.3 Å². The Morgan fingerprint density at radius 1 is 1.38 bits per heavy atom. The highest BCUT2D eigenvalue weighted by atomic mass is 16.5. The predicted octanol–water partition coefficient (Wildman–Crippen LogP) is 4.85. The lowest BCUT2D eigenvalue weighted by molar-refractivity contribution is 0.159. The Labute approximate surface area is 142 Å². The van der Waals surface area contributed by atoms with Gasteiger partial charge in [-0.1, -0.05) is 11.1 Å². The van der Waals surface area contributed by atoms with Crippen molar-refractivity contribution < 1.29 is 13.9 Å². The van der Waals surface area contributed by atoms with Crippen LogP contribution in [0.5, 0.6) is 0 Å². The van der Waals surface area contributed by atoms with E-state index in [-0.39, 0.29) is 6.61 Å². The summed E-state index contributed by atoms with van der Waals surface area (Å²) in [6.07, 6.45) is 12.9. The van der Waals surface area contributed by atoms with Crippen LogP contribution in [0, 0.1) is 0 Å². The molecule has 0 aliphatic carbocycles. The molecule has 0 radical (unpaired) electrons. The molecule has 128 valence electrons.